The second kappa shape index (κ2) is 9.34. The van der Waals surface area contributed by atoms with Gasteiger partial charge < -0.3 is 15.0 Å². The molecule has 1 aromatic carbocycles. The van der Waals surface area contributed by atoms with Gasteiger partial charge in [0.15, 0.2) is 0 Å². The van der Waals surface area contributed by atoms with Gasteiger partial charge in [0, 0.05) is 38.1 Å². The van der Waals surface area contributed by atoms with Gasteiger partial charge in [-0.05, 0) is 57.9 Å². The summed E-state index contributed by atoms with van der Waals surface area (Å²) in [6, 6.07) is 6.45. The van der Waals surface area contributed by atoms with Crippen molar-refractivity contribution in [1.82, 2.24) is 14.5 Å². The van der Waals surface area contributed by atoms with Crippen LogP contribution >= 0.6 is 0 Å². The van der Waals surface area contributed by atoms with Crippen molar-refractivity contribution >= 4 is 21.8 Å². The number of ether oxygens (including phenoxy) is 1. The number of amides is 2. The summed E-state index contributed by atoms with van der Waals surface area (Å²) in [5, 5.41) is 3.02. The molecule has 2 saturated heterocycles. The summed E-state index contributed by atoms with van der Waals surface area (Å²) in [7, 11) is -3.57. The number of benzene rings is 1. The van der Waals surface area contributed by atoms with Crippen LogP contribution in [0.5, 0.6) is 5.75 Å². The van der Waals surface area contributed by atoms with E-state index in [-0.39, 0.29) is 41.1 Å². The van der Waals surface area contributed by atoms with Crippen LogP contribution in [0.25, 0.3) is 0 Å². The molecule has 0 saturated carbocycles. The zero-order chi connectivity index (χ0) is 21.9. The number of nitrogens with zero attached hydrogens (tertiary/aromatic N) is 2. The molecular weight excluding hydrogens is 406 g/mol. The van der Waals surface area contributed by atoms with Gasteiger partial charge in [-0.2, -0.15) is 4.31 Å². The summed E-state index contributed by atoms with van der Waals surface area (Å²) in [6.07, 6.45) is 1.35. The third-order valence-electron chi connectivity index (χ3n) is 5.73. The van der Waals surface area contributed by atoms with E-state index in [9.17, 15) is 18.0 Å². The minimum Gasteiger partial charge on any atom is -0.494 e. The van der Waals surface area contributed by atoms with Crippen molar-refractivity contribution in [3.63, 3.8) is 0 Å². The van der Waals surface area contributed by atoms with Crippen molar-refractivity contribution in [3.8, 4) is 5.75 Å². The minimum absolute atomic E-state index is 0.0152. The van der Waals surface area contributed by atoms with Crippen molar-refractivity contribution < 1.29 is 22.7 Å². The number of hydrogen-bond donors (Lipinski definition) is 1. The van der Waals surface area contributed by atoms with Gasteiger partial charge in [-0.25, -0.2) is 8.42 Å². The Kier molecular flexibility index (Phi) is 7.02. The molecule has 1 N–H and O–H groups in total. The van der Waals surface area contributed by atoms with Crippen molar-refractivity contribution in [1.29, 1.82) is 0 Å². The molecule has 2 aliphatic rings. The topological polar surface area (TPSA) is 96.0 Å². The number of carbonyl (C=O) groups excluding carboxylic acids is 2. The van der Waals surface area contributed by atoms with Crippen LogP contribution < -0.4 is 10.1 Å². The smallest absolute Gasteiger partial charge is 0.243 e. The Bertz CT molecular complexity index is 861. The lowest BCUT2D eigenvalue weighted by Gasteiger charge is -2.32. The van der Waals surface area contributed by atoms with Gasteiger partial charge in [0.05, 0.1) is 17.4 Å². The maximum Gasteiger partial charge on any atom is 0.243 e. The Morgan fingerprint density at radius 3 is 2.37 bits per heavy atom. The molecular formula is C21H31N3O5S. The molecule has 1 atom stereocenters. The van der Waals surface area contributed by atoms with Crippen LogP contribution in [0, 0.1) is 5.92 Å². The quantitative estimate of drug-likeness (QED) is 0.699. The van der Waals surface area contributed by atoms with E-state index in [4.69, 9.17) is 4.74 Å². The summed E-state index contributed by atoms with van der Waals surface area (Å²) in [6.45, 7) is 7.43. The van der Waals surface area contributed by atoms with E-state index in [1.807, 2.05) is 20.8 Å². The van der Waals surface area contributed by atoms with Crippen molar-refractivity contribution in [2.45, 2.75) is 57.0 Å². The average molecular weight is 438 g/mol. The highest BCUT2D eigenvalue weighted by molar-refractivity contribution is 7.89. The Hall–Kier alpha value is -2.13. The van der Waals surface area contributed by atoms with Crippen LogP contribution in [0.1, 0.15) is 40.0 Å². The van der Waals surface area contributed by atoms with Crippen molar-refractivity contribution in [3.05, 3.63) is 24.3 Å². The lowest BCUT2D eigenvalue weighted by atomic mass is 10.0. The van der Waals surface area contributed by atoms with Gasteiger partial charge in [-0.3, -0.25) is 9.59 Å². The monoisotopic (exact) mass is 437 g/mol. The molecule has 166 valence electrons. The summed E-state index contributed by atoms with van der Waals surface area (Å²) in [4.78, 5) is 26.6. The highest BCUT2D eigenvalue weighted by atomic mass is 32.2. The summed E-state index contributed by atoms with van der Waals surface area (Å²) >= 11 is 0. The third kappa shape index (κ3) is 4.95. The summed E-state index contributed by atoms with van der Waals surface area (Å²) in [5.74, 6) is 0.213. The van der Waals surface area contributed by atoms with Gasteiger partial charge in [0.25, 0.3) is 0 Å². The van der Waals surface area contributed by atoms with Crippen LogP contribution in [0.15, 0.2) is 29.2 Å². The molecule has 0 spiro atoms. The highest BCUT2D eigenvalue weighted by Crippen LogP contribution is 2.24. The number of hydrogen-bond acceptors (Lipinski definition) is 5. The zero-order valence-electron chi connectivity index (χ0n) is 17.8. The van der Waals surface area contributed by atoms with Gasteiger partial charge in [-0.15, -0.1) is 0 Å². The molecule has 0 bridgehead atoms. The molecule has 2 fully saturated rings. The van der Waals surface area contributed by atoms with E-state index in [0.717, 1.165) is 0 Å². The first-order valence-corrected chi connectivity index (χ1v) is 12.0. The second-order valence-electron chi connectivity index (χ2n) is 8.13. The Balaban J connectivity index is 1.53. The SMILES string of the molecule is CCOc1ccc(S(=O)(=O)N2CCC(NC(=O)C3CC(=O)N(C(C)C)C3)CC2)cc1. The van der Waals surface area contributed by atoms with E-state index in [1.54, 1.807) is 29.2 Å². The van der Waals surface area contributed by atoms with E-state index in [0.29, 0.717) is 44.8 Å². The lowest BCUT2D eigenvalue weighted by Crippen LogP contribution is -2.48. The average Bonchev–Trinajstić information content (AvgIpc) is 3.11. The molecule has 2 heterocycles. The van der Waals surface area contributed by atoms with Gasteiger partial charge in [-0.1, -0.05) is 0 Å². The lowest BCUT2D eigenvalue weighted by molar-refractivity contribution is -0.130. The zero-order valence-corrected chi connectivity index (χ0v) is 18.7. The molecule has 0 radical (unpaired) electrons. The van der Waals surface area contributed by atoms with Gasteiger partial charge >= 0.3 is 0 Å². The molecule has 1 aromatic rings. The molecule has 2 aliphatic heterocycles. The molecule has 2 amide bonds. The van der Waals surface area contributed by atoms with E-state index in [2.05, 4.69) is 5.32 Å². The van der Waals surface area contributed by atoms with Crippen LogP contribution in [-0.4, -0.2) is 67.8 Å². The summed E-state index contributed by atoms with van der Waals surface area (Å²) < 4.78 is 32.6. The summed E-state index contributed by atoms with van der Waals surface area (Å²) in [5.41, 5.74) is 0. The first-order chi connectivity index (χ1) is 14.2. The number of carbonyl (C=O) groups is 2. The molecule has 30 heavy (non-hydrogen) atoms. The Morgan fingerprint density at radius 2 is 1.83 bits per heavy atom. The number of piperidine rings is 1. The van der Waals surface area contributed by atoms with Crippen LogP contribution in [0.2, 0.25) is 0 Å². The van der Waals surface area contributed by atoms with Crippen LogP contribution in [0.3, 0.4) is 0 Å². The maximum atomic E-state index is 12.9. The molecule has 3 rings (SSSR count). The first-order valence-electron chi connectivity index (χ1n) is 10.5. The molecule has 0 aromatic heterocycles. The fraction of sp³-hybridized carbons (Fsp3) is 0.619. The number of nitrogens with one attached hydrogen (secondary N) is 1. The van der Waals surface area contributed by atoms with E-state index < -0.39 is 10.0 Å². The molecule has 9 heteroatoms. The van der Waals surface area contributed by atoms with Crippen LogP contribution in [-0.2, 0) is 19.6 Å². The first kappa shape index (κ1) is 22.6. The van der Waals surface area contributed by atoms with Crippen molar-refractivity contribution in [2.24, 2.45) is 5.92 Å². The van der Waals surface area contributed by atoms with Crippen LogP contribution in [0.4, 0.5) is 0 Å². The Labute approximate surface area is 178 Å². The minimum atomic E-state index is -3.57. The van der Waals surface area contributed by atoms with Crippen molar-refractivity contribution in [2.75, 3.05) is 26.2 Å². The number of likely N-dealkylation sites (tertiary alicyclic amines) is 1. The maximum absolute atomic E-state index is 12.9. The van der Waals surface area contributed by atoms with E-state index in [1.165, 1.54) is 4.31 Å². The fourth-order valence-electron chi connectivity index (χ4n) is 3.99. The third-order valence-corrected chi connectivity index (χ3v) is 7.64. The van der Waals surface area contributed by atoms with Gasteiger partial charge in [0.1, 0.15) is 5.75 Å². The molecule has 0 aliphatic carbocycles. The normalized spacial score (nSPS) is 21.3. The fourth-order valence-corrected chi connectivity index (χ4v) is 5.46. The highest BCUT2D eigenvalue weighted by Gasteiger charge is 2.37. The predicted molar refractivity (Wildman–Crippen MR) is 112 cm³/mol. The number of rotatable bonds is 7. The molecule has 8 nitrogen and oxygen atoms in total. The van der Waals surface area contributed by atoms with E-state index >= 15 is 0 Å². The Morgan fingerprint density at radius 1 is 1.20 bits per heavy atom. The standard InChI is InChI=1S/C21H31N3O5S/c1-4-29-18-5-7-19(8-6-18)30(27,28)23-11-9-17(10-12-23)22-21(26)16-13-20(25)24(14-16)15(2)3/h5-8,15-17H,4,9-14H2,1-3H3,(H,22,26). The molecule has 1 unspecified atom stereocenters. The largest absolute Gasteiger partial charge is 0.494 e. The van der Waals surface area contributed by atoms with Gasteiger partial charge in [0.2, 0.25) is 21.8 Å². The predicted octanol–water partition coefficient (Wildman–Crippen LogP) is 1.61. The second-order valence-corrected chi connectivity index (χ2v) is 10.1. The number of sulfonamides is 1.